The van der Waals surface area contributed by atoms with Gasteiger partial charge in [0.2, 0.25) is 0 Å². The van der Waals surface area contributed by atoms with Gasteiger partial charge < -0.3 is 5.73 Å². The van der Waals surface area contributed by atoms with Crippen LogP contribution in [0, 0.1) is 5.92 Å². The topological polar surface area (TPSA) is 43.1 Å². The van der Waals surface area contributed by atoms with Gasteiger partial charge in [-0.2, -0.15) is 0 Å². The van der Waals surface area contributed by atoms with Crippen LogP contribution in [-0.4, -0.2) is 11.3 Å². The maximum atomic E-state index is 10.8. The first-order valence-corrected chi connectivity index (χ1v) is 3.62. The molecule has 0 aliphatic rings. The van der Waals surface area contributed by atoms with Gasteiger partial charge in [0.05, 0.1) is 0 Å². The highest BCUT2D eigenvalue weighted by Gasteiger charge is 2.17. The maximum Gasteiger partial charge on any atom is 0.132 e. The van der Waals surface area contributed by atoms with E-state index in [0.717, 1.165) is 6.42 Å². The summed E-state index contributed by atoms with van der Waals surface area (Å²) in [6.45, 7) is 7.40. The van der Waals surface area contributed by atoms with Crippen LogP contribution in [0.1, 0.15) is 34.1 Å². The molecule has 0 saturated heterocycles. The zero-order valence-electron chi connectivity index (χ0n) is 7.27. The van der Waals surface area contributed by atoms with E-state index in [1.165, 1.54) is 0 Å². The first-order valence-electron chi connectivity index (χ1n) is 3.62. The molecule has 0 aromatic heterocycles. The molecule has 0 aliphatic heterocycles. The lowest BCUT2D eigenvalue weighted by atomic mass is 9.91. The SMILES string of the molecule is CC(=O)C(C)CC(C)(C)N. The summed E-state index contributed by atoms with van der Waals surface area (Å²) in [4.78, 5) is 10.8. The molecule has 1 atom stereocenters. The van der Waals surface area contributed by atoms with Crippen molar-refractivity contribution in [3.05, 3.63) is 0 Å². The van der Waals surface area contributed by atoms with Crippen molar-refractivity contribution in [1.29, 1.82) is 0 Å². The molecule has 0 radical (unpaired) electrons. The molecule has 60 valence electrons. The molecule has 2 nitrogen and oxygen atoms in total. The van der Waals surface area contributed by atoms with Gasteiger partial charge in [0, 0.05) is 11.5 Å². The lowest BCUT2D eigenvalue weighted by Gasteiger charge is -2.21. The first kappa shape index (κ1) is 9.63. The van der Waals surface area contributed by atoms with Crippen molar-refractivity contribution in [2.24, 2.45) is 11.7 Å². The van der Waals surface area contributed by atoms with Gasteiger partial charge >= 0.3 is 0 Å². The number of nitrogens with two attached hydrogens (primary N) is 1. The minimum absolute atomic E-state index is 0.0972. The lowest BCUT2D eigenvalue weighted by molar-refractivity contribution is -0.120. The second kappa shape index (κ2) is 3.15. The Balaban J connectivity index is 3.80. The van der Waals surface area contributed by atoms with E-state index in [9.17, 15) is 4.79 Å². The van der Waals surface area contributed by atoms with E-state index in [4.69, 9.17) is 5.73 Å². The molecule has 0 rings (SSSR count). The molecule has 0 fully saturated rings. The van der Waals surface area contributed by atoms with Gasteiger partial charge in [0.25, 0.3) is 0 Å². The molecule has 2 heteroatoms. The number of hydrogen-bond donors (Lipinski definition) is 1. The quantitative estimate of drug-likeness (QED) is 0.647. The largest absolute Gasteiger partial charge is 0.326 e. The monoisotopic (exact) mass is 143 g/mol. The summed E-state index contributed by atoms with van der Waals surface area (Å²) in [5.41, 5.74) is 5.50. The molecule has 0 spiro atoms. The summed E-state index contributed by atoms with van der Waals surface area (Å²) in [6.07, 6.45) is 0.766. The number of rotatable bonds is 3. The number of carbonyl (C=O) groups excluding carboxylic acids is 1. The van der Waals surface area contributed by atoms with Crippen LogP contribution >= 0.6 is 0 Å². The number of hydrogen-bond acceptors (Lipinski definition) is 2. The molecule has 1 unspecified atom stereocenters. The highest BCUT2D eigenvalue weighted by atomic mass is 16.1. The highest BCUT2D eigenvalue weighted by Crippen LogP contribution is 2.13. The van der Waals surface area contributed by atoms with Gasteiger partial charge in [0.1, 0.15) is 5.78 Å². The third kappa shape index (κ3) is 4.50. The Hall–Kier alpha value is -0.370. The first-order chi connectivity index (χ1) is 4.33. The summed E-state index contributed by atoms with van der Waals surface area (Å²) in [6, 6.07) is 0. The Morgan fingerprint density at radius 1 is 1.60 bits per heavy atom. The second-order valence-corrected chi connectivity index (χ2v) is 3.70. The normalized spacial score (nSPS) is 14.9. The van der Waals surface area contributed by atoms with E-state index < -0.39 is 0 Å². The molecule has 2 N–H and O–H groups in total. The van der Waals surface area contributed by atoms with E-state index in [1.807, 2.05) is 20.8 Å². The van der Waals surface area contributed by atoms with Crippen LogP contribution in [0.25, 0.3) is 0 Å². The van der Waals surface area contributed by atoms with Gasteiger partial charge in [-0.05, 0) is 27.2 Å². The van der Waals surface area contributed by atoms with Crippen molar-refractivity contribution < 1.29 is 4.79 Å². The van der Waals surface area contributed by atoms with E-state index in [0.29, 0.717) is 0 Å². The van der Waals surface area contributed by atoms with E-state index in [-0.39, 0.29) is 17.2 Å². The molecule has 0 amide bonds. The average Bonchev–Trinajstić information content (AvgIpc) is 1.60. The van der Waals surface area contributed by atoms with Crippen LogP contribution in [0.4, 0.5) is 0 Å². The molecule has 10 heavy (non-hydrogen) atoms. The summed E-state index contributed by atoms with van der Waals surface area (Å²) in [5, 5.41) is 0. The molecular weight excluding hydrogens is 126 g/mol. The van der Waals surface area contributed by atoms with Gasteiger partial charge in [-0.15, -0.1) is 0 Å². The molecule has 0 heterocycles. The van der Waals surface area contributed by atoms with Crippen molar-refractivity contribution >= 4 is 5.78 Å². The molecular formula is C8H17NO. The fourth-order valence-electron chi connectivity index (χ4n) is 0.933. The summed E-state index contributed by atoms with van der Waals surface area (Å²) < 4.78 is 0. The third-order valence-electron chi connectivity index (χ3n) is 1.53. The standard InChI is InChI=1S/C8H17NO/c1-6(7(2)10)5-8(3,4)9/h6H,5,9H2,1-4H3. The molecule has 0 bridgehead atoms. The number of ketones is 1. The minimum Gasteiger partial charge on any atom is -0.326 e. The van der Waals surface area contributed by atoms with Crippen LogP contribution in [-0.2, 0) is 4.79 Å². The predicted molar refractivity (Wildman–Crippen MR) is 42.7 cm³/mol. The van der Waals surface area contributed by atoms with Crippen LogP contribution in [0.5, 0.6) is 0 Å². The van der Waals surface area contributed by atoms with Crippen molar-refractivity contribution in [1.82, 2.24) is 0 Å². The smallest absolute Gasteiger partial charge is 0.132 e. The van der Waals surface area contributed by atoms with E-state index >= 15 is 0 Å². The Kier molecular flexibility index (Phi) is 3.03. The van der Waals surface area contributed by atoms with Gasteiger partial charge in [-0.25, -0.2) is 0 Å². The summed E-state index contributed by atoms with van der Waals surface area (Å²) in [7, 11) is 0. The average molecular weight is 143 g/mol. The Morgan fingerprint density at radius 2 is 2.00 bits per heavy atom. The van der Waals surface area contributed by atoms with Crippen LogP contribution in [0.15, 0.2) is 0 Å². The van der Waals surface area contributed by atoms with E-state index in [1.54, 1.807) is 6.92 Å². The lowest BCUT2D eigenvalue weighted by Crippen LogP contribution is -2.35. The maximum absolute atomic E-state index is 10.8. The summed E-state index contributed by atoms with van der Waals surface area (Å²) in [5.74, 6) is 0.318. The minimum atomic E-state index is -0.217. The predicted octanol–water partition coefficient (Wildman–Crippen LogP) is 1.34. The fraction of sp³-hybridized carbons (Fsp3) is 0.875. The second-order valence-electron chi connectivity index (χ2n) is 3.70. The van der Waals surface area contributed by atoms with Crippen molar-refractivity contribution in [3.8, 4) is 0 Å². The third-order valence-corrected chi connectivity index (χ3v) is 1.53. The summed E-state index contributed by atoms with van der Waals surface area (Å²) >= 11 is 0. The zero-order valence-corrected chi connectivity index (χ0v) is 7.27. The fourth-order valence-corrected chi connectivity index (χ4v) is 0.933. The Labute approximate surface area is 62.8 Å². The molecule has 0 aromatic rings. The number of Topliss-reactive ketones (excluding diaryl/α,β-unsaturated/α-hetero) is 1. The van der Waals surface area contributed by atoms with Crippen molar-refractivity contribution in [2.75, 3.05) is 0 Å². The van der Waals surface area contributed by atoms with Crippen molar-refractivity contribution in [3.63, 3.8) is 0 Å². The zero-order chi connectivity index (χ0) is 8.36. The molecule has 0 aliphatic carbocycles. The Bertz CT molecular complexity index is 124. The van der Waals surface area contributed by atoms with Crippen LogP contribution < -0.4 is 5.73 Å². The highest BCUT2D eigenvalue weighted by molar-refractivity contribution is 5.77. The molecule has 0 saturated carbocycles. The van der Waals surface area contributed by atoms with Gasteiger partial charge in [-0.1, -0.05) is 6.92 Å². The van der Waals surface area contributed by atoms with Crippen molar-refractivity contribution in [2.45, 2.75) is 39.7 Å². The van der Waals surface area contributed by atoms with Gasteiger partial charge in [0.15, 0.2) is 0 Å². The Morgan fingerprint density at radius 3 is 2.10 bits per heavy atom. The van der Waals surface area contributed by atoms with Crippen LogP contribution in [0.2, 0.25) is 0 Å². The van der Waals surface area contributed by atoms with E-state index in [2.05, 4.69) is 0 Å². The van der Waals surface area contributed by atoms with Crippen LogP contribution in [0.3, 0.4) is 0 Å². The molecule has 0 aromatic carbocycles. The number of carbonyl (C=O) groups is 1. The van der Waals surface area contributed by atoms with Gasteiger partial charge in [-0.3, -0.25) is 4.79 Å².